The Morgan fingerprint density at radius 1 is 1.38 bits per heavy atom. The molecule has 1 aromatic heterocycles. The van der Waals surface area contributed by atoms with Gasteiger partial charge in [0.25, 0.3) is 5.91 Å². The highest BCUT2D eigenvalue weighted by Crippen LogP contribution is 2.44. The number of aliphatic hydroxyl groups is 1. The van der Waals surface area contributed by atoms with Gasteiger partial charge in [-0.2, -0.15) is 0 Å². The number of unbranched alkanes of at least 4 members (excludes halogenated alkanes) is 1. The zero-order valence-electron chi connectivity index (χ0n) is 13.3. The number of rotatable bonds is 6. The number of carbonyl (C=O) groups is 2. The number of hydrogen-bond donors (Lipinski definition) is 1. The maximum atomic E-state index is 12.9. The molecule has 0 saturated carbocycles. The van der Waals surface area contributed by atoms with E-state index in [1.807, 2.05) is 17.5 Å². The van der Waals surface area contributed by atoms with E-state index in [9.17, 15) is 14.7 Å². The lowest BCUT2D eigenvalue weighted by Gasteiger charge is -2.22. The normalized spacial score (nSPS) is 19.6. The molecule has 1 amide bonds. The number of amides is 1. The number of carbonyl (C=O) groups excluding carboxylic acids is 2. The van der Waals surface area contributed by atoms with Crippen molar-refractivity contribution in [1.82, 2.24) is 0 Å². The lowest BCUT2D eigenvalue weighted by molar-refractivity contribution is -0.135. The van der Waals surface area contributed by atoms with Crippen LogP contribution in [0.25, 0.3) is 0 Å². The van der Waals surface area contributed by atoms with Crippen LogP contribution in [0.5, 0.6) is 0 Å². The number of Topliss-reactive ketones (excluding diaryl/α,β-unsaturated/α-hetero) is 1. The zero-order valence-corrected chi connectivity index (χ0v) is 15.7. The molecule has 1 atom stereocenters. The molecule has 0 saturated heterocycles. The molecule has 0 fully saturated rings. The predicted molar refractivity (Wildman–Crippen MR) is 98.6 cm³/mol. The fraction of sp³-hybridized carbons (Fsp3) is 0.333. The number of benzene rings is 1. The molecule has 0 bridgehead atoms. The minimum atomic E-state index is -1.80. The van der Waals surface area contributed by atoms with Gasteiger partial charge in [0.2, 0.25) is 0 Å². The molecule has 0 radical (unpaired) electrons. The van der Waals surface area contributed by atoms with Gasteiger partial charge in [0.05, 0.1) is 17.0 Å². The molecule has 1 aliphatic rings. The van der Waals surface area contributed by atoms with E-state index in [2.05, 4.69) is 22.9 Å². The summed E-state index contributed by atoms with van der Waals surface area (Å²) in [5.74, 6) is -0.627. The molecule has 1 unspecified atom stereocenters. The molecule has 126 valence electrons. The summed E-state index contributed by atoms with van der Waals surface area (Å²) in [7, 11) is 0. The Hall–Kier alpha value is -1.50. The molecule has 2 aromatic rings. The summed E-state index contributed by atoms with van der Waals surface area (Å²) in [6, 6.07) is 8.91. The molecule has 24 heavy (non-hydrogen) atoms. The second kappa shape index (κ2) is 6.78. The first-order valence-corrected chi connectivity index (χ1v) is 9.55. The largest absolute Gasteiger partial charge is 0.375 e. The summed E-state index contributed by atoms with van der Waals surface area (Å²) in [5, 5.41) is 13.0. The van der Waals surface area contributed by atoms with Gasteiger partial charge >= 0.3 is 0 Å². The van der Waals surface area contributed by atoms with Crippen molar-refractivity contribution in [2.45, 2.75) is 31.8 Å². The Morgan fingerprint density at radius 3 is 2.83 bits per heavy atom. The van der Waals surface area contributed by atoms with Crippen molar-refractivity contribution in [2.24, 2.45) is 0 Å². The van der Waals surface area contributed by atoms with Crippen molar-refractivity contribution in [3.63, 3.8) is 0 Å². The fourth-order valence-electron chi connectivity index (χ4n) is 2.99. The minimum absolute atomic E-state index is 0.218. The maximum absolute atomic E-state index is 12.9. The summed E-state index contributed by atoms with van der Waals surface area (Å²) in [6.07, 6.45) is 1.55. The highest BCUT2D eigenvalue weighted by atomic mass is 79.9. The van der Waals surface area contributed by atoms with E-state index in [1.54, 1.807) is 23.1 Å². The van der Waals surface area contributed by atoms with Gasteiger partial charge in [-0.1, -0.05) is 35.3 Å². The molecule has 6 heteroatoms. The summed E-state index contributed by atoms with van der Waals surface area (Å²) >= 11 is 4.71. The van der Waals surface area contributed by atoms with Crippen molar-refractivity contribution in [3.05, 3.63) is 50.6 Å². The van der Waals surface area contributed by atoms with Crippen LogP contribution in [-0.2, 0) is 10.4 Å². The number of nitrogens with zero attached hydrogens (tertiary/aromatic N) is 1. The zero-order chi connectivity index (χ0) is 17.3. The van der Waals surface area contributed by atoms with Crippen LogP contribution in [0.4, 0.5) is 5.69 Å². The van der Waals surface area contributed by atoms with Crippen LogP contribution in [0, 0.1) is 0 Å². The number of thiophene rings is 1. The average Bonchev–Trinajstić information content (AvgIpc) is 3.15. The summed E-state index contributed by atoms with van der Waals surface area (Å²) < 4.78 is 0.772. The second-order valence-electron chi connectivity index (χ2n) is 5.91. The van der Waals surface area contributed by atoms with E-state index in [-0.39, 0.29) is 12.2 Å². The van der Waals surface area contributed by atoms with Gasteiger partial charge in [0.1, 0.15) is 0 Å². The van der Waals surface area contributed by atoms with Crippen LogP contribution in [0.1, 0.15) is 41.4 Å². The van der Waals surface area contributed by atoms with Crippen LogP contribution >= 0.6 is 27.3 Å². The van der Waals surface area contributed by atoms with Crippen molar-refractivity contribution in [2.75, 3.05) is 11.4 Å². The van der Waals surface area contributed by atoms with Crippen molar-refractivity contribution < 1.29 is 14.7 Å². The Morgan fingerprint density at radius 2 is 2.17 bits per heavy atom. The van der Waals surface area contributed by atoms with E-state index in [1.165, 1.54) is 11.3 Å². The SMILES string of the molecule is CCCCN1C(=O)C(O)(CC(=O)c2cccs2)c2cc(Br)ccc21. The van der Waals surface area contributed by atoms with Gasteiger partial charge < -0.3 is 10.0 Å². The fourth-order valence-corrected chi connectivity index (χ4v) is 4.01. The Kier molecular flexibility index (Phi) is 4.90. The first kappa shape index (κ1) is 17.3. The second-order valence-corrected chi connectivity index (χ2v) is 7.77. The first-order valence-electron chi connectivity index (χ1n) is 7.88. The van der Waals surface area contributed by atoms with Gasteiger partial charge in [-0.3, -0.25) is 9.59 Å². The molecule has 2 heterocycles. The maximum Gasteiger partial charge on any atom is 0.264 e. The molecule has 1 N–H and O–H groups in total. The first-order chi connectivity index (χ1) is 11.5. The van der Waals surface area contributed by atoms with Crippen LogP contribution in [0.3, 0.4) is 0 Å². The number of halogens is 1. The molecule has 4 nitrogen and oxygen atoms in total. The third-order valence-electron chi connectivity index (χ3n) is 4.24. The number of hydrogen-bond acceptors (Lipinski definition) is 4. The molecule has 1 aromatic carbocycles. The monoisotopic (exact) mass is 407 g/mol. The van der Waals surface area contributed by atoms with E-state index < -0.39 is 11.5 Å². The van der Waals surface area contributed by atoms with Gasteiger partial charge in [0.15, 0.2) is 11.4 Å². The quantitative estimate of drug-likeness (QED) is 0.732. The van der Waals surface area contributed by atoms with E-state index >= 15 is 0 Å². The van der Waals surface area contributed by atoms with Crippen LogP contribution in [-0.4, -0.2) is 23.3 Å². The highest BCUT2D eigenvalue weighted by Gasteiger charge is 2.50. The van der Waals surface area contributed by atoms with E-state index in [4.69, 9.17) is 0 Å². The predicted octanol–water partition coefficient (Wildman–Crippen LogP) is 4.12. The smallest absolute Gasteiger partial charge is 0.264 e. The third-order valence-corrected chi connectivity index (χ3v) is 5.65. The highest BCUT2D eigenvalue weighted by molar-refractivity contribution is 9.10. The Bertz CT molecular complexity index is 775. The summed E-state index contributed by atoms with van der Waals surface area (Å²) in [4.78, 5) is 27.6. The van der Waals surface area contributed by atoms with Crippen molar-refractivity contribution in [1.29, 1.82) is 0 Å². The molecule has 0 aliphatic carbocycles. The topological polar surface area (TPSA) is 57.6 Å². The summed E-state index contributed by atoms with van der Waals surface area (Å²) in [5.41, 5.74) is -0.602. The van der Waals surface area contributed by atoms with Gasteiger partial charge in [-0.05, 0) is 36.1 Å². The number of fused-ring (bicyclic) bond motifs is 1. The third kappa shape index (κ3) is 2.94. The molecule has 0 spiro atoms. The lowest BCUT2D eigenvalue weighted by atomic mass is 9.89. The van der Waals surface area contributed by atoms with Crippen LogP contribution in [0.15, 0.2) is 40.2 Å². The van der Waals surface area contributed by atoms with Gasteiger partial charge in [0, 0.05) is 16.6 Å². The Labute approximate surface area is 153 Å². The van der Waals surface area contributed by atoms with Crippen LogP contribution < -0.4 is 4.90 Å². The Balaban J connectivity index is 1.99. The standard InChI is InChI=1S/C18H18BrNO3S/c1-2-3-8-20-14-7-6-12(19)10-13(14)18(23,17(20)22)11-15(21)16-5-4-9-24-16/h4-7,9-10,23H,2-3,8,11H2,1H3. The van der Waals surface area contributed by atoms with Crippen molar-refractivity contribution >= 4 is 44.6 Å². The van der Waals surface area contributed by atoms with Gasteiger partial charge in [-0.25, -0.2) is 0 Å². The number of ketones is 1. The van der Waals surface area contributed by atoms with Crippen molar-refractivity contribution in [3.8, 4) is 0 Å². The number of anilines is 1. The van der Waals surface area contributed by atoms with Crippen LogP contribution in [0.2, 0.25) is 0 Å². The lowest BCUT2D eigenvalue weighted by Crippen LogP contribution is -2.42. The minimum Gasteiger partial charge on any atom is -0.375 e. The molecular weight excluding hydrogens is 390 g/mol. The molecule has 1 aliphatic heterocycles. The van der Waals surface area contributed by atoms with E-state index in [0.29, 0.717) is 22.7 Å². The van der Waals surface area contributed by atoms with E-state index in [0.717, 1.165) is 17.3 Å². The molecule has 3 rings (SSSR count). The summed E-state index contributed by atoms with van der Waals surface area (Å²) in [6.45, 7) is 2.59. The molecular formula is C18H18BrNO3S. The van der Waals surface area contributed by atoms with Gasteiger partial charge in [-0.15, -0.1) is 11.3 Å². The average molecular weight is 408 g/mol.